The first-order valence-corrected chi connectivity index (χ1v) is 47.9. The number of amides is 4. The highest BCUT2D eigenvalue weighted by atomic mass is 32.2. The van der Waals surface area contributed by atoms with Crippen molar-refractivity contribution in [3.8, 4) is 46.0 Å². The molecule has 0 spiro atoms. The molecule has 8 aliphatic heterocycles. The van der Waals surface area contributed by atoms with Crippen molar-refractivity contribution in [3.05, 3.63) is 218 Å². The summed E-state index contributed by atoms with van der Waals surface area (Å²) in [6, 6.07) is 58.7. The molecule has 6 unspecified atom stereocenters. The Morgan fingerprint density at radius 3 is 1.00 bits per heavy atom. The Morgan fingerprint density at radius 2 is 0.762 bits per heavy atom. The van der Waals surface area contributed by atoms with E-state index in [2.05, 4.69) is 15.0 Å². The third-order valence-corrected chi connectivity index (χ3v) is 33.2. The maximum absolute atomic E-state index is 13.0. The number of aliphatic hydroxyl groups is 4. The van der Waals surface area contributed by atoms with Crippen LogP contribution in [-0.2, 0) is 87.3 Å². The molecule has 8 aromatic carbocycles. The number of benzene rings is 8. The third-order valence-electron chi connectivity index (χ3n) is 20.4. The third kappa shape index (κ3) is 25.9. The average molecular weight is 1870 g/mol. The highest BCUT2D eigenvalue weighted by Crippen LogP contribution is 2.40. The first-order valence-electron chi connectivity index (χ1n) is 38.9. The van der Waals surface area contributed by atoms with Gasteiger partial charge in [-0.25, -0.2) is 64.0 Å². The van der Waals surface area contributed by atoms with Gasteiger partial charge in [0.2, 0.25) is 4.75 Å². The summed E-state index contributed by atoms with van der Waals surface area (Å²) >= 11 is 1.83. The maximum Gasteiger partial charge on any atom is 0.270 e. The quantitative estimate of drug-likeness (QED) is 0.0298. The van der Waals surface area contributed by atoms with E-state index < -0.39 is 110 Å². The molecule has 0 saturated carbocycles. The van der Waals surface area contributed by atoms with Crippen LogP contribution in [0.15, 0.2) is 238 Å². The van der Waals surface area contributed by atoms with Gasteiger partial charge in [0.05, 0.1) is 89.0 Å². The number of thioether (sulfide) groups is 1. The number of sulfone groups is 5. The van der Waals surface area contributed by atoms with Crippen LogP contribution in [0.2, 0.25) is 0 Å². The number of carbonyl (C=O) groups is 4. The molecule has 16 rings (SSSR count). The fourth-order valence-corrected chi connectivity index (χ4v) is 24.2. The van der Waals surface area contributed by atoms with Gasteiger partial charge in [-0.2, -0.15) is 11.8 Å². The molecule has 126 heavy (non-hydrogen) atoms. The number of nitrogens with one attached hydrogen (secondary N) is 5. The zero-order chi connectivity index (χ0) is 90.5. The number of carbonyl (C=O) groups excluding carboxylic acids is 4. The van der Waals surface area contributed by atoms with E-state index >= 15 is 0 Å². The zero-order valence-electron chi connectivity index (χ0n) is 67.6. The number of hydrogen-bond donors (Lipinski definition) is 13. The Balaban J connectivity index is 0.000000190. The summed E-state index contributed by atoms with van der Waals surface area (Å²) < 4.78 is 161. The van der Waals surface area contributed by atoms with Crippen LogP contribution in [0.25, 0.3) is 0 Å². The van der Waals surface area contributed by atoms with Crippen molar-refractivity contribution in [2.24, 2.45) is 0 Å². The van der Waals surface area contributed by atoms with Gasteiger partial charge in [-0.3, -0.25) is 40.0 Å². The Labute approximate surface area is 734 Å². The Bertz CT molecular complexity index is 5200. The number of ether oxygens (including phenoxy) is 8. The van der Waals surface area contributed by atoms with Gasteiger partial charge in [-0.05, 0) is 197 Å². The van der Waals surface area contributed by atoms with Gasteiger partial charge in [0.1, 0.15) is 52.1 Å². The van der Waals surface area contributed by atoms with Crippen molar-refractivity contribution in [1.29, 1.82) is 0 Å². The summed E-state index contributed by atoms with van der Waals surface area (Å²) in [5.41, 5.74) is 5.63. The summed E-state index contributed by atoms with van der Waals surface area (Å²) in [6.45, 7) is 3.83. The Morgan fingerprint density at radius 1 is 0.413 bits per heavy atom. The number of nitrogens with zero attached hydrogens (tertiary/aromatic N) is 1. The number of rotatable bonds is 20. The maximum atomic E-state index is 13.0. The molecule has 0 aliphatic carbocycles. The van der Waals surface area contributed by atoms with Crippen molar-refractivity contribution in [2.75, 3.05) is 109 Å². The average Bonchev–Trinajstić information content (AvgIpc) is 0.754. The highest BCUT2D eigenvalue weighted by Gasteiger charge is 2.60. The van der Waals surface area contributed by atoms with E-state index in [0.717, 1.165) is 50.5 Å². The summed E-state index contributed by atoms with van der Waals surface area (Å²) in [4.78, 5) is 49.8. The Hall–Kier alpha value is -9.62. The molecule has 6 atom stereocenters. The minimum Gasteiger partial charge on any atom is -0.457 e. The molecule has 4 amide bonds. The highest BCUT2D eigenvalue weighted by molar-refractivity contribution is 7.99. The van der Waals surface area contributed by atoms with E-state index in [4.69, 9.17) is 74.4 Å². The number of para-hydroxylation sites is 4. The van der Waals surface area contributed by atoms with Gasteiger partial charge in [0.25, 0.3) is 23.6 Å². The van der Waals surface area contributed by atoms with Gasteiger partial charge in [-0.1, -0.05) is 80.2 Å². The van der Waals surface area contributed by atoms with Crippen LogP contribution >= 0.6 is 11.8 Å². The van der Waals surface area contributed by atoms with Gasteiger partial charge >= 0.3 is 0 Å². The monoisotopic (exact) mass is 1870 g/mol. The molecule has 8 aromatic rings. The standard InChI is InChI=1S/C17H18N2O5S.C17H17NO7S2.C17H17NO6S.C16H15NO6S.C5H11NO.C4H8O2.C4H8OS.C3H6O2.CH4/c20-16(19-21)17(10-11-18-12-17)25(22,23)15-8-6-14(7-9-15)24-13-4-2-1-3-5-13;19-16(18-20)17(10-11-26(21,22)12-17)27(23,24)15-8-6-14(7-9-15)25-13-4-2-1-3-5-13;19-16(18-20)17(10-11-23-12-17)25(21,22)15-8-6-14(7-9-15)24-13-4-2-1-3-5-13;18-15(17-19)16(10-22-11-16)24(20,21)14-8-6-13(7-9-14)23-12-4-2-1-3-5-12;1-6-3-2-5(7)4-6;2*5-4-1-2-6-3-4;4-3-1-5-2-3;/h1-9,18,21H,10-12H2,(H,19,20);1-9,20H,10-12H2,(H,18,19);1-9,20H,10-12H2,(H,18,19);1-9,19H,10-11H2,(H,17,18);5,7H,2-4H2,1H3;2*4-5H,1-3H2;3-4H,1-2H2;1H4. The molecular formula is C84H104N6O30S6. The summed E-state index contributed by atoms with van der Waals surface area (Å²) in [7, 11) is -18.1. The van der Waals surface area contributed by atoms with Gasteiger partial charge in [0, 0.05) is 45.0 Å². The van der Waals surface area contributed by atoms with Gasteiger partial charge < -0.3 is 68.5 Å². The van der Waals surface area contributed by atoms with Crippen LogP contribution in [0.1, 0.15) is 46.0 Å². The number of likely N-dealkylation sites (tertiary alicyclic amines) is 1. The lowest BCUT2D eigenvalue weighted by Crippen LogP contribution is -2.64. The molecule has 0 aromatic heterocycles. The van der Waals surface area contributed by atoms with Crippen molar-refractivity contribution in [1.82, 2.24) is 32.1 Å². The van der Waals surface area contributed by atoms with Gasteiger partial charge in [-0.15, -0.1) is 0 Å². The molecule has 8 saturated heterocycles. The molecule has 0 bridgehead atoms. The molecule has 8 heterocycles. The second-order valence-electron chi connectivity index (χ2n) is 29.3. The predicted octanol–water partition coefficient (Wildman–Crippen LogP) is 6.20. The molecule has 0 radical (unpaired) electrons. The van der Waals surface area contributed by atoms with E-state index in [1.54, 1.807) is 60.7 Å². The second kappa shape index (κ2) is 46.9. The number of likely N-dealkylation sites (N-methyl/N-ethyl adjacent to an activating group) is 1. The molecular weight excluding hydrogens is 1770 g/mol. The van der Waals surface area contributed by atoms with E-state index in [0.29, 0.717) is 72.4 Å². The number of β-amino-alcohol motifs (C(OH)–C–C–N with tert-alkyl or cyclic N) is 1. The summed E-state index contributed by atoms with van der Waals surface area (Å²) in [5.74, 6) is 0.834. The van der Waals surface area contributed by atoms with Crippen LogP contribution in [0.5, 0.6) is 46.0 Å². The van der Waals surface area contributed by atoms with Crippen LogP contribution < -0.4 is 46.2 Å². The lowest BCUT2D eigenvalue weighted by molar-refractivity contribution is -0.143. The van der Waals surface area contributed by atoms with Crippen molar-refractivity contribution in [2.45, 2.75) is 109 Å². The van der Waals surface area contributed by atoms with E-state index in [9.17, 15) is 61.3 Å². The fourth-order valence-electron chi connectivity index (χ4n) is 13.0. The number of aliphatic hydroxyl groups excluding tert-OH is 4. The second-order valence-corrected chi connectivity index (χ2v) is 41.7. The van der Waals surface area contributed by atoms with Crippen molar-refractivity contribution in [3.63, 3.8) is 0 Å². The van der Waals surface area contributed by atoms with E-state index in [1.807, 2.05) is 79.5 Å². The fraction of sp³-hybridized carbons (Fsp3) is 0.381. The van der Waals surface area contributed by atoms with Crippen LogP contribution in [0, 0.1) is 0 Å². The SMILES string of the molecule is C.CN1CCC(O)C1.O=C(NO)C1(S(=O)(=O)c2ccc(Oc3ccccc3)cc2)CCNC1.O=C(NO)C1(S(=O)(=O)c2ccc(Oc3ccccc3)cc2)CCOC1.O=C(NO)C1(S(=O)(=O)c2ccc(Oc3ccccc3)cc2)CCS(=O)(=O)C1.O=C(NO)C1(S(=O)(=O)c2ccc(Oc3ccccc3)cc2)COC1.OC1CCOC1.OC1CCSC1.OC1COC1. The van der Waals surface area contributed by atoms with Gasteiger partial charge in [0.15, 0.2) is 63.4 Å². The van der Waals surface area contributed by atoms with Crippen molar-refractivity contribution < 1.29 is 140 Å². The van der Waals surface area contributed by atoms with E-state index in [1.165, 1.54) is 119 Å². The minimum atomic E-state index is -4.38. The first-order chi connectivity index (χ1) is 59.6. The largest absolute Gasteiger partial charge is 0.457 e. The lowest BCUT2D eigenvalue weighted by atomic mass is 10.1. The van der Waals surface area contributed by atoms with Crippen LogP contribution in [0.3, 0.4) is 0 Å². The lowest BCUT2D eigenvalue weighted by Gasteiger charge is -2.37. The number of hydroxylamine groups is 4. The molecule has 8 aliphatic rings. The molecule has 686 valence electrons. The normalized spacial score (nSPS) is 21.9. The smallest absolute Gasteiger partial charge is 0.270 e. The van der Waals surface area contributed by atoms with Crippen LogP contribution in [0.4, 0.5) is 0 Å². The molecule has 42 heteroatoms. The predicted molar refractivity (Wildman–Crippen MR) is 459 cm³/mol. The first kappa shape index (κ1) is 102. The summed E-state index contributed by atoms with van der Waals surface area (Å²) in [6.07, 6.45) is 2.04. The minimum absolute atomic E-state index is 0. The van der Waals surface area contributed by atoms with Crippen LogP contribution in [-0.4, -0.2) is 264 Å². The zero-order valence-corrected chi connectivity index (χ0v) is 72.5. The number of hydrogen-bond acceptors (Lipinski definition) is 33. The van der Waals surface area contributed by atoms with E-state index in [-0.39, 0.29) is 97.2 Å². The molecule has 13 N–H and O–H groups in total. The Kier molecular flexibility index (Phi) is 37.9. The molecule has 8 fully saturated rings. The summed E-state index contributed by atoms with van der Waals surface area (Å²) in [5, 5.41) is 73.1. The topological polar surface area (TPSA) is 538 Å². The van der Waals surface area contributed by atoms with Crippen molar-refractivity contribution >= 4 is 84.6 Å². The molecule has 36 nitrogen and oxygen atoms in total.